The zero-order valence-electron chi connectivity index (χ0n) is 13.5. The summed E-state index contributed by atoms with van der Waals surface area (Å²) in [6.45, 7) is 1.97. The van der Waals surface area contributed by atoms with Crippen LogP contribution in [-0.2, 0) is 0 Å². The summed E-state index contributed by atoms with van der Waals surface area (Å²) in [7, 11) is 0. The van der Waals surface area contributed by atoms with Gasteiger partial charge in [0.2, 0.25) is 0 Å². The Labute approximate surface area is 148 Å². The molecule has 0 saturated carbocycles. The second-order valence-electron chi connectivity index (χ2n) is 5.74. The van der Waals surface area contributed by atoms with Gasteiger partial charge in [-0.05, 0) is 60.3 Å². The molecule has 4 aromatic rings. The molecule has 0 aliphatic heterocycles. The van der Waals surface area contributed by atoms with Crippen LogP contribution in [0.1, 0.15) is 16.3 Å². The first-order chi connectivity index (χ1) is 12.1. The molecule has 3 aromatic heterocycles. The summed E-state index contributed by atoms with van der Waals surface area (Å²) in [5, 5.41) is 12.2. The third-order valence-corrected chi connectivity index (χ3v) is 4.97. The molecule has 5 heteroatoms. The van der Waals surface area contributed by atoms with E-state index in [0.717, 1.165) is 27.3 Å². The van der Waals surface area contributed by atoms with Crippen molar-refractivity contribution in [3.63, 3.8) is 0 Å². The lowest BCUT2D eigenvalue weighted by atomic mass is 10.1. The van der Waals surface area contributed by atoms with Gasteiger partial charge >= 0.3 is 0 Å². The first-order valence-electron chi connectivity index (χ1n) is 7.81. The fourth-order valence-corrected chi connectivity index (χ4v) is 3.53. The number of hydrogen-bond donors (Lipinski definition) is 1. The van der Waals surface area contributed by atoms with Crippen molar-refractivity contribution < 1.29 is 9.50 Å². The first kappa shape index (κ1) is 15.6. The molecule has 1 N–H and O–H groups in total. The largest absolute Gasteiger partial charge is 0.506 e. The number of aliphatic hydroxyl groups excluding tert-OH is 1. The van der Waals surface area contributed by atoms with E-state index in [1.54, 1.807) is 24.4 Å². The van der Waals surface area contributed by atoms with E-state index in [-0.39, 0.29) is 11.6 Å². The Morgan fingerprint density at radius 3 is 2.68 bits per heavy atom. The summed E-state index contributed by atoms with van der Waals surface area (Å²) in [6, 6.07) is 14.1. The zero-order valence-corrected chi connectivity index (χ0v) is 14.3. The summed E-state index contributed by atoms with van der Waals surface area (Å²) in [5.74, 6) is -0.0646. The van der Waals surface area contributed by atoms with Crippen LogP contribution in [0.2, 0.25) is 0 Å². The maximum atomic E-state index is 13.2. The van der Waals surface area contributed by atoms with Crippen LogP contribution in [0.5, 0.6) is 0 Å². The van der Waals surface area contributed by atoms with Gasteiger partial charge in [0.1, 0.15) is 11.6 Å². The number of hydrogen-bond acceptors (Lipinski definition) is 3. The summed E-state index contributed by atoms with van der Waals surface area (Å²) >= 11 is 1.47. The molecule has 0 spiro atoms. The van der Waals surface area contributed by atoms with Crippen LogP contribution >= 0.6 is 11.3 Å². The van der Waals surface area contributed by atoms with Crippen molar-refractivity contribution in [3.05, 3.63) is 82.2 Å². The molecule has 0 bridgehead atoms. The maximum absolute atomic E-state index is 13.2. The molecule has 124 valence electrons. The highest BCUT2D eigenvalue weighted by Crippen LogP contribution is 2.27. The van der Waals surface area contributed by atoms with Gasteiger partial charge in [-0.3, -0.25) is 4.98 Å². The topological polar surface area (TPSA) is 37.5 Å². The third kappa shape index (κ3) is 2.83. The number of halogens is 1. The minimum Gasteiger partial charge on any atom is -0.506 e. The van der Waals surface area contributed by atoms with Gasteiger partial charge in [0.05, 0.1) is 21.8 Å². The molecule has 0 fully saturated rings. The quantitative estimate of drug-likeness (QED) is 0.491. The predicted molar refractivity (Wildman–Crippen MR) is 100 cm³/mol. The van der Waals surface area contributed by atoms with Crippen LogP contribution < -0.4 is 0 Å². The number of rotatable bonds is 3. The van der Waals surface area contributed by atoms with Crippen molar-refractivity contribution in [1.82, 2.24) is 9.38 Å². The summed E-state index contributed by atoms with van der Waals surface area (Å²) in [6.07, 6.45) is 3.45. The SMILES string of the molecule is Cc1cnc(/C=C(\O)c2cccs2)c2ccc(-c3ccc(F)cc3)n12. The Bertz CT molecular complexity index is 1060. The Hall–Kier alpha value is -2.92. The van der Waals surface area contributed by atoms with E-state index in [1.807, 2.05) is 36.6 Å². The summed E-state index contributed by atoms with van der Waals surface area (Å²) in [5.41, 5.74) is 4.42. The molecular weight excluding hydrogens is 335 g/mol. The lowest BCUT2D eigenvalue weighted by Crippen LogP contribution is -1.98. The van der Waals surface area contributed by atoms with Gasteiger partial charge in [0.25, 0.3) is 0 Å². The predicted octanol–water partition coefficient (Wildman–Crippen LogP) is 5.57. The molecule has 0 unspecified atom stereocenters. The lowest BCUT2D eigenvalue weighted by molar-refractivity contribution is 0.517. The van der Waals surface area contributed by atoms with Crippen molar-refractivity contribution in [2.24, 2.45) is 0 Å². The minimum atomic E-state index is -0.257. The number of benzene rings is 1. The average Bonchev–Trinajstić information content (AvgIpc) is 3.28. The Kier molecular flexibility index (Phi) is 3.86. The fraction of sp³-hybridized carbons (Fsp3) is 0.0500. The van der Waals surface area contributed by atoms with E-state index >= 15 is 0 Å². The highest BCUT2D eigenvalue weighted by molar-refractivity contribution is 7.11. The highest BCUT2D eigenvalue weighted by atomic mass is 32.1. The van der Waals surface area contributed by atoms with Crippen LogP contribution in [-0.4, -0.2) is 14.5 Å². The van der Waals surface area contributed by atoms with E-state index in [0.29, 0.717) is 5.69 Å². The normalized spacial score (nSPS) is 12.0. The molecule has 4 rings (SSSR count). The second kappa shape index (κ2) is 6.18. The molecule has 0 aliphatic rings. The smallest absolute Gasteiger partial charge is 0.134 e. The van der Waals surface area contributed by atoms with Crippen molar-refractivity contribution in [2.45, 2.75) is 6.92 Å². The van der Waals surface area contributed by atoms with Gasteiger partial charge < -0.3 is 9.51 Å². The summed E-state index contributed by atoms with van der Waals surface area (Å²) < 4.78 is 15.3. The average molecular weight is 350 g/mol. The highest BCUT2D eigenvalue weighted by Gasteiger charge is 2.11. The van der Waals surface area contributed by atoms with Gasteiger partial charge in [-0.1, -0.05) is 6.07 Å². The van der Waals surface area contributed by atoms with Gasteiger partial charge in [0, 0.05) is 18.0 Å². The van der Waals surface area contributed by atoms with E-state index in [4.69, 9.17) is 0 Å². The van der Waals surface area contributed by atoms with Crippen LogP contribution in [0.3, 0.4) is 0 Å². The lowest BCUT2D eigenvalue weighted by Gasteiger charge is -2.09. The molecule has 0 saturated heterocycles. The first-order valence-corrected chi connectivity index (χ1v) is 8.69. The Morgan fingerprint density at radius 1 is 1.16 bits per heavy atom. The van der Waals surface area contributed by atoms with Crippen LogP contribution in [0, 0.1) is 12.7 Å². The third-order valence-electron chi connectivity index (χ3n) is 4.07. The molecule has 3 heterocycles. The van der Waals surface area contributed by atoms with Crippen LogP contribution in [0.25, 0.3) is 28.6 Å². The van der Waals surface area contributed by atoms with Gasteiger partial charge in [0.15, 0.2) is 0 Å². The van der Waals surface area contributed by atoms with E-state index in [2.05, 4.69) is 9.38 Å². The van der Waals surface area contributed by atoms with E-state index in [1.165, 1.54) is 23.5 Å². The molecule has 0 radical (unpaired) electrons. The van der Waals surface area contributed by atoms with Gasteiger partial charge in [-0.25, -0.2) is 4.39 Å². The number of aliphatic hydroxyl groups is 1. The zero-order chi connectivity index (χ0) is 17.4. The van der Waals surface area contributed by atoms with Crippen molar-refractivity contribution >= 4 is 28.7 Å². The number of aryl methyl sites for hydroxylation is 1. The minimum absolute atomic E-state index is 0.192. The monoisotopic (exact) mass is 350 g/mol. The van der Waals surface area contributed by atoms with Crippen LogP contribution in [0.4, 0.5) is 4.39 Å². The standard InChI is InChI=1S/C20H15FN2OS/c1-13-12-22-16(11-19(24)20-3-2-10-25-20)18-9-8-17(23(13)18)14-4-6-15(21)7-5-14/h2-12,24H,1H3/b19-11-. The summed E-state index contributed by atoms with van der Waals surface area (Å²) in [4.78, 5) is 5.26. The number of aromatic nitrogens is 2. The molecule has 25 heavy (non-hydrogen) atoms. The van der Waals surface area contributed by atoms with Crippen LogP contribution in [0.15, 0.2) is 60.1 Å². The number of nitrogens with zero attached hydrogens (tertiary/aromatic N) is 2. The molecule has 1 aromatic carbocycles. The molecule has 0 amide bonds. The van der Waals surface area contributed by atoms with Crippen molar-refractivity contribution in [3.8, 4) is 11.3 Å². The fourth-order valence-electron chi connectivity index (χ4n) is 2.89. The van der Waals surface area contributed by atoms with Gasteiger partial charge in [-0.2, -0.15) is 0 Å². The van der Waals surface area contributed by atoms with Gasteiger partial charge in [-0.15, -0.1) is 11.3 Å². The number of thiophene rings is 1. The van der Waals surface area contributed by atoms with Crippen molar-refractivity contribution in [1.29, 1.82) is 0 Å². The molecule has 3 nitrogen and oxygen atoms in total. The molecule has 0 aliphatic carbocycles. The second-order valence-corrected chi connectivity index (χ2v) is 6.69. The van der Waals surface area contributed by atoms with E-state index < -0.39 is 0 Å². The Balaban J connectivity index is 1.87. The number of fused-ring (bicyclic) bond motifs is 1. The maximum Gasteiger partial charge on any atom is 0.134 e. The Morgan fingerprint density at radius 2 is 1.96 bits per heavy atom. The van der Waals surface area contributed by atoms with Crippen molar-refractivity contribution in [2.75, 3.05) is 0 Å². The van der Waals surface area contributed by atoms with E-state index in [9.17, 15) is 9.50 Å². The molecule has 0 atom stereocenters. The molecular formula is C20H15FN2OS.